The lowest BCUT2D eigenvalue weighted by atomic mass is 10.0. The normalized spacial score (nSPS) is 15.9. The summed E-state index contributed by atoms with van der Waals surface area (Å²) >= 11 is 11.8. The number of hydrogen-bond acceptors (Lipinski definition) is 4. The molecular weight excluding hydrogens is 275 g/mol. The third-order valence-electron chi connectivity index (χ3n) is 2.65. The van der Waals surface area contributed by atoms with Gasteiger partial charge in [0.25, 0.3) is 0 Å². The topological polar surface area (TPSA) is 65.2 Å². The van der Waals surface area contributed by atoms with Crippen LogP contribution in [0.3, 0.4) is 0 Å². The Hall–Kier alpha value is -0.840. The highest BCUT2D eigenvalue weighted by Gasteiger charge is 2.23. The van der Waals surface area contributed by atoms with Crippen LogP contribution in [0.4, 0.5) is 0 Å². The Kier molecular flexibility index (Phi) is 5.38. The summed E-state index contributed by atoms with van der Waals surface area (Å²) in [6.07, 6.45) is 1.15. The van der Waals surface area contributed by atoms with Crippen LogP contribution in [-0.2, 0) is 9.53 Å². The van der Waals surface area contributed by atoms with Crippen molar-refractivity contribution in [2.45, 2.75) is 38.8 Å². The molecule has 0 saturated carbocycles. The lowest BCUT2D eigenvalue weighted by Gasteiger charge is -2.21. The van der Waals surface area contributed by atoms with E-state index in [4.69, 9.17) is 33.7 Å². The highest BCUT2D eigenvalue weighted by Crippen LogP contribution is 2.28. The molecule has 1 heterocycles. The summed E-state index contributed by atoms with van der Waals surface area (Å²) in [6, 6.07) is 0.968. The van der Waals surface area contributed by atoms with Crippen LogP contribution in [0.2, 0.25) is 10.0 Å². The molecule has 0 bridgehead atoms. The van der Waals surface area contributed by atoms with Gasteiger partial charge in [-0.2, -0.15) is 0 Å². The first-order valence-corrected chi connectivity index (χ1v) is 6.35. The summed E-state index contributed by atoms with van der Waals surface area (Å²) in [5.74, 6) is -0.586. The van der Waals surface area contributed by atoms with E-state index in [9.17, 15) is 4.79 Å². The maximum atomic E-state index is 11.4. The summed E-state index contributed by atoms with van der Waals surface area (Å²) in [5.41, 5.74) is 6.08. The first-order valence-electron chi connectivity index (χ1n) is 5.60. The van der Waals surface area contributed by atoms with E-state index in [-0.39, 0.29) is 12.0 Å². The fraction of sp³-hybridized carbons (Fsp3) is 0.500. The molecule has 2 N–H and O–H groups in total. The number of halogens is 2. The number of nitrogens with two attached hydrogens (primary N) is 1. The Bertz CT molecular complexity index is 438. The number of esters is 1. The molecule has 0 radical (unpaired) electrons. The van der Waals surface area contributed by atoms with E-state index in [1.165, 1.54) is 6.20 Å². The molecule has 0 saturated heterocycles. The van der Waals surface area contributed by atoms with Gasteiger partial charge >= 0.3 is 5.97 Å². The Labute approximate surface area is 116 Å². The van der Waals surface area contributed by atoms with Gasteiger partial charge in [-0.1, -0.05) is 30.1 Å². The minimum atomic E-state index is -0.645. The Morgan fingerprint density at radius 1 is 1.39 bits per heavy atom. The quantitative estimate of drug-likeness (QED) is 0.866. The fourth-order valence-electron chi connectivity index (χ4n) is 1.38. The third-order valence-corrected chi connectivity index (χ3v) is 3.15. The SMILES string of the molecule is CC(OC(=O)[C@H](C)N)C(C)c1ncc(Cl)cc1Cl. The van der Waals surface area contributed by atoms with Gasteiger partial charge in [0, 0.05) is 12.1 Å². The molecule has 0 aliphatic carbocycles. The standard InChI is InChI=1S/C12H16Cl2N2O2/c1-6(8(3)18-12(17)7(2)15)11-10(14)4-9(13)5-16-11/h4-8H,15H2,1-3H3/t6?,7-,8?/m0/s1. The molecule has 3 atom stereocenters. The Morgan fingerprint density at radius 2 is 2.00 bits per heavy atom. The average Bonchev–Trinajstić information content (AvgIpc) is 2.27. The monoisotopic (exact) mass is 290 g/mol. The Balaban J connectivity index is 2.80. The van der Waals surface area contributed by atoms with Crippen molar-refractivity contribution in [3.8, 4) is 0 Å². The van der Waals surface area contributed by atoms with Crippen molar-refractivity contribution in [2.75, 3.05) is 0 Å². The van der Waals surface area contributed by atoms with Crippen LogP contribution < -0.4 is 5.73 Å². The second-order valence-corrected chi connectivity index (χ2v) is 5.08. The van der Waals surface area contributed by atoms with Crippen LogP contribution >= 0.6 is 23.2 Å². The summed E-state index contributed by atoms with van der Waals surface area (Å²) in [4.78, 5) is 15.6. The number of aromatic nitrogens is 1. The van der Waals surface area contributed by atoms with Gasteiger partial charge in [0.05, 0.1) is 15.7 Å². The lowest BCUT2D eigenvalue weighted by Crippen LogP contribution is -2.33. The van der Waals surface area contributed by atoms with E-state index in [0.29, 0.717) is 15.7 Å². The molecule has 0 aliphatic rings. The predicted molar refractivity (Wildman–Crippen MR) is 71.9 cm³/mol. The number of carbonyl (C=O) groups is 1. The highest BCUT2D eigenvalue weighted by molar-refractivity contribution is 6.34. The molecule has 6 heteroatoms. The first kappa shape index (κ1) is 15.2. The minimum absolute atomic E-state index is 0.141. The summed E-state index contributed by atoms with van der Waals surface area (Å²) < 4.78 is 5.22. The number of pyridine rings is 1. The van der Waals surface area contributed by atoms with Gasteiger partial charge in [0.2, 0.25) is 0 Å². The van der Waals surface area contributed by atoms with Crippen molar-refractivity contribution < 1.29 is 9.53 Å². The van der Waals surface area contributed by atoms with E-state index in [0.717, 1.165) is 0 Å². The highest BCUT2D eigenvalue weighted by atomic mass is 35.5. The third kappa shape index (κ3) is 3.83. The zero-order valence-corrected chi connectivity index (χ0v) is 12.0. The number of rotatable bonds is 4. The molecule has 2 unspecified atom stereocenters. The molecule has 0 aromatic carbocycles. The number of ether oxygens (including phenoxy) is 1. The smallest absolute Gasteiger partial charge is 0.322 e. The maximum Gasteiger partial charge on any atom is 0.322 e. The van der Waals surface area contributed by atoms with Crippen molar-refractivity contribution in [3.05, 3.63) is 28.0 Å². The van der Waals surface area contributed by atoms with E-state index in [1.54, 1.807) is 19.9 Å². The largest absolute Gasteiger partial charge is 0.461 e. The molecule has 18 heavy (non-hydrogen) atoms. The van der Waals surface area contributed by atoms with Gasteiger partial charge in [-0.25, -0.2) is 0 Å². The fourth-order valence-corrected chi connectivity index (χ4v) is 1.93. The van der Waals surface area contributed by atoms with Gasteiger partial charge in [0.1, 0.15) is 12.1 Å². The molecule has 0 amide bonds. The van der Waals surface area contributed by atoms with Crippen LogP contribution in [0.15, 0.2) is 12.3 Å². The maximum absolute atomic E-state index is 11.4. The van der Waals surface area contributed by atoms with E-state index in [1.807, 2.05) is 6.92 Å². The second kappa shape index (κ2) is 6.36. The van der Waals surface area contributed by atoms with Crippen LogP contribution in [0.1, 0.15) is 32.4 Å². The molecule has 100 valence electrons. The van der Waals surface area contributed by atoms with Gasteiger partial charge < -0.3 is 10.5 Å². The molecule has 0 spiro atoms. The van der Waals surface area contributed by atoms with Crippen molar-refractivity contribution in [2.24, 2.45) is 5.73 Å². The van der Waals surface area contributed by atoms with Crippen molar-refractivity contribution >= 4 is 29.2 Å². The molecular formula is C12H16Cl2N2O2. The van der Waals surface area contributed by atoms with Crippen molar-refractivity contribution in [3.63, 3.8) is 0 Å². The number of nitrogens with zero attached hydrogens (tertiary/aromatic N) is 1. The Morgan fingerprint density at radius 3 is 2.50 bits per heavy atom. The van der Waals surface area contributed by atoms with Crippen LogP contribution in [0.5, 0.6) is 0 Å². The summed E-state index contributed by atoms with van der Waals surface area (Å²) in [6.45, 7) is 5.23. The number of carbonyl (C=O) groups excluding carboxylic acids is 1. The zero-order chi connectivity index (χ0) is 13.9. The molecule has 0 fully saturated rings. The molecule has 1 aromatic heterocycles. The predicted octanol–water partition coefficient (Wildman–Crippen LogP) is 2.77. The molecule has 4 nitrogen and oxygen atoms in total. The van der Waals surface area contributed by atoms with Crippen LogP contribution in [0, 0.1) is 0 Å². The van der Waals surface area contributed by atoms with Crippen LogP contribution in [-0.4, -0.2) is 23.1 Å². The summed E-state index contributed by atoms with van der Waals surface area (Å²) in [5, 5.41) is 0.926. The van der Waals surface area contributed by atoms with Crippen molar-refractivity contribution in [1.82, 2.24) is 4.98 Å². The van der Waals surface area contributed by atoms with E-state index in [2.05, 4.69) is 4.98 Å². The first-order chi connectivity index (χ1) is 8.32. The summed E-state index contributed by atoms with van der Waals surface area (Å²) in [7, 11) is 0. The second-order valence-electron chi connectivity index (χ2n) is 4.24. The van der Waals surface area contributed by atoms with Gasteiger partial charge in [-0.05, 0) is 19.9 Å². The van der Waals surface area contributed by atoms with Gasteiger partial charge in [-0.15, -0.1) is 0 Å². The minimum Gasteiger partial charge on any atom is -0.461 e. The van der Waals surface area contributed by atoms with Gasteiger partial charge in [-0.3, -0.25) is 9.78 Å². The lowest BCUT2D eigenvalue weighted by molar-refractivity contribution is -0.150. The zero-order valence-electron chi connectivity index (χ0n) is 10.5. The van der Waals surface area contributed by atoms with Crippen LogP contribution in [0.25, 0.3) is 0 Å². The average molecular weight is 291 g/mol. The van der Waals surface area contributed by atoms with Gasteiger partial charge in [0.15, 0.2) is 0 Å². The molecule has 0 aliphatic heterocycles. The van der Waals surface area contributed by atoms with E-state index >= 15 is 0 Å². The molecule has 1 rings (SSSR count). The van der Waals surface area contributed by atoms with E-state index < -0.39 is 12.0 Å². The van der Waals surface area contributed by atoms with Crippen molar-refractivity contribution in [1.29, 1.82) is 0 Å². The number of hydrogen-bond donors (Lipinski definition) is 1. The molecule has 1 aromatic rings.